The normalized spacial score (nSPS) is 12.1. The van der Waals surface area contributed by atoms with Crippen LogP contribution in [0.2, 0.25) is 0 Å². The Bertz CT molecular complexity index is 297. The van der Waals surface area contributed by atoms with Crippen molar-refractivity contribution in [2.24, 2.45) is 0 Å². The van der Waals surface area contributed by atoms with Gasteiger partial charge < -0.3 is 0 Å². The van der Waals surface area contributed by atoms with Crippen LogP contribution in [0.25, 0.3) is 0 Å². The Kier molecular flexibility index (Phi) is 4.35. The average Bonchev–Trinajstić information content (AvgIpc) is 2.17. The molecule has 0 atom stereocenters. The first-order chi connectivity index (χ1) is 6.93. The molecule has 2 heteroatoms. The molecule has 0 aliphatic heterocycles. The van der Waals surface area contributed by atoms with Gasteiger partial charge in [-0.15, -0.1) is 0 Å². The molecule has 0 saturated carbocycles. The third-order valence-corrected chi connectivity index (χ3v) is 3.33. The van der Waals surface area contributed by atoms with Crippen LogP contribution in [0.3, 0.4) is 0 Å². The highest BCUT2D eigenvalue weighted by Gasteiger charge is 2.12. The topological polar surface area (TPSA) is 3.24 Å². The molecule has 1 rings (SSSR count). The highest BCUT2D eigenvalue weighted by atomic mass is 79.9. The Morgan fingerprint density at radius 1 is 1.13 bits per heavy atom. The zero-order valence-electron chi connectivity index (χ0n) is 10.0. The van der Waals surface area contributed by atoms with E-state index in [-0.39, 0.29) is 5.41 Å². The summed E-state index contributed by atoms with van der Waals surface area (Å²) >= 11 is 3.44. The standard InChI is InChI=1S/C13H20BrN/c1-13(2,3)12-7-5-11(6-8-12)9-15(4)10-14/h5-8H,9-10H2,1-4H3. The van der Waals surface area contributed by atoms with Gasteiger partial charge in [-0.2, -0.15) is 0 Å². The number of rotatable bonds is 3. The lowest BCUT2D eigenvalue weighted by molar-refractivity contribution is 0.390. The fourth-order valence-corrected chi connectivity index (χ4v) is 1.64. The summed E-state index contributed by atoms with van der Waals surface area (Å²) in [7, 11) is 2.10. The summed E-state index contributed by atoms with van der Waals surface area (Å²) in [5.74, 6) is 0. The molecule has 0 amide bonds. The molecule has 84 valence electrons. The highest BCUT2D eigenvalue weighted by molar-refractivity contribution is 9.09. The SMILES string of the molecule is CN(CBr)Cc1ccc(C(C)(C)C)cc1. The zero-order chi connectivity index (χ0) is 11.5. The van der Waals surface area contributed by atoms with E-state index in [1.807, 2.05) is 0 Å². The molecular weight excluding hydrogens is 250 g/mol. The van der Waals surface area contributed by atoms with E-state index < -0.39 is 0 Å². The maximum atomic E-state index is 3.44. The third-order valence-electron chi connectivity index (χ3n) is 2.48. The van der Waals surface area contributed by atoms with Gasteiger partial charge in [0, 0.05) is 6.54 Å². The van der Waals surface area contributed by atoms with Crippen LogP contribution in [-0.4, -0.2) is 17.4 Å². The van der Waals surface area contributed by atoms with Crippen LogP contribution >= 0.6 is 15.9 Å². The van der Waals surface area contributed by atoms with E-state index in [1.165, 1.54) is 11.1 Å². The number of benzene rings is 1. The van der Waals surface area contributed by atoms with Crippen molar-refractivity contribution in [2.75, 3.05) is 12.5 Å². The van der Waals surface area contributed by atoms with Gasteiger partial charge in [0.25, 0.3) is 0 Å². The lowest BCUT2D eigenvalue weighted by Crippen LogP contribution is -2.15. The zero-order valence-corrected chi connectivity index (χ0v) is 11.6. The minimum atomic E-state index is 0.250. The summed E-state index contributed by atoms with van der Waals surface area (Å²) in [6.07, 6.45) is 0. The number of alkyl halides is 1. The van der Waals surface area contributed by atoms with Crippen LogP contribution in [0, 0.1) is 0 Å². The van der Waals surface area contributed by atoms with Gasteiger partial charge in [-0.25, -0.2) is 0 Å². The van der Waals surface area contributed by atoms with E-state index in [0.29, 0.717) is 0 Å². The monoisotopic (exact) mass is 269 g/mol. The Labute approximate surface area is 102 Å². The lowest BCUT2D eigenvalue weighted by Gasteiger charge is -2.20. The highest BCUT2D eigenvalue weighted by Crippen LogP contribution is 2.22. The van der Waals surface area contributed by atoms with Gasteiger partial charge in [-0.1, -0.05) is 61.0 Å². The molecule has 0 aliphatic carbocycles. The first-order valence-electron chi connectivity index (χ1n) is 5.27. The molecule has 1 nitrogen and oxygen atoms in total. The van der Waals surface area contributed by atoms with Gasteiger partial charge in [-0.05, 0) is 23.6 Å². The van der Waals surface area contributed by atoms with Crippen molar-refractivity contribution in [3.05, 3.63) is 35.4 Å². The molecule has 15 heavy (non-hydrogen) atoms. The summed E-state index contributed by atoms with van der Waals surface area (Å²) in [4.78, 5) is 2.23. The first-order valence-corrected chi connectivity index (χ1v) is 6.39. The van der Waals surface area contributed by atoms with Crippen molar-refractivity contribution in [1.29, 1.82) is 0 Å². The fraction of sp³-hybridized carbons (Fsp3) is 0.538. The van der Waals surface area contributed by atoms with Crippen molar-refractivity contribution < 1.29 is 0 Å². The maximum absolute atomic E-state index is 3.44. The second-order valence-electron chi connectivity index (χ2n) is 5.08. The number of hydrogen-bond donors (Lipinski definition) is 0. The summed E-state index contributed by atoms with van der Waals surface area (Å²) in [5.41, 5.74) is 3.92. The molecule has 0 aliphatic rings. The average molecular weight is 270 g/mol. The molecule has 0 fully saturated rings. The smallest absolute Gasteiger partial charge is 0.0542 e. The molecule has 0 spiro atoms. The van der Waals surface area contributed by atoms with Crippen molar-refractivity contribution in [2.45, 2.75) is 32.7 Å². The molecule has 0 heterocycles. The predicted octanol–water partition coefficient (Wildman–Crippen LogP) is 3.77. The number of halogens is 1. The summed E-state index contributed by atoms with van der Waals surface area (Å²) in [6.45, 7) is 7.72. The van der Waals surface area contributed by atoms with E-state index in [4.69, 9.17) is 0 Å². The van der Waals surface area contributed by atoms with Crippen molar-refractivity contribution in [3.8, 4) is 0 Å². The van der Waals surface area contributed by atoms with Gasteiger partial charge in [0.1, 0.15) is 0 Å². The van der Waals surface area contributed by atoms with Crippen LogP contribution in [0.5, 0.6) is 0 Å². The summed E-state index contributed by atoms with van der Waals surface area (Å²) in [6, 6.07) is 8.91. The minimum Gasteiger partial charge on any atom is -0.292 e. The van der Waals surface area contributed by atoms with E-state index >= 15 is 0 Å². The van der Waals surface area contributed by atoms with Gasteiger partial charge in [-0.3, -0.25) is 4.90 Å². The van der Waals surface area contributed by atoms with Crippen molar-refractivity contribution >= 4 is 15.9 Å². The van der Waals surface area contributed by atoms with E-state index in [0.717, 1.165) is 12.0 Å². The van der Waals surface area contributed by atoms with Gasteiger partial charge in [0.15, 0.2) is 0 Å². The van der Waals surface area contributed by atoms with Gasteiger partial charge in [0.2, 0.25) is 0 Å². The van der Waals surface area contributed by atoms with Gasteiger partial charge in [0.05, 0.1) is 5.45 Å². The van der Waals surface area contributed by atoms with E-state index in [9.17, 15) is 0 Å². The van der Waals surface area contributed by atoms with Crippen LogP contribution in [-0.2, 0) is 12.0 Å². The Hall–Kier alpha value is -0.340. The molecule has 0 N–H and O–H groups in total. The first kappa shape index (κ1) is 12.7. The second-order valence-corrected chi connectivity index (χ2v) is 5.58. The molecule has 0 aromatic heterocycles. The Morgan fingerprint density at radius 2 is 1.67 bits per heavy atom. The fourth-order valence-electron chi connectivity index (χ4n) is 1.46. The Morgan fingerprint density at radius 3 is 2.07 bits per heavy atom. The van der Waals surface area contributed by atoms with Crippen molar-refractivity contribution in [3.63, 3.8) is 0 Å². The van der Waals surface area contributed by atoms with Crippen LogP contribution in [0.15, 0.2) is 24.3 Å². The van der Waals surface area contributed by atoms with E-state index in [1.54, 1.807) is 0 Å². The van der Waals surface area contributed by atoms with Crippen molar-refractivity contribution in [1.82, 2.24) is 4.90 Å². The predicted molar refractivity (Wildman–Crippen MR) is 70.4 cm³/mol. The lowest BCUT2D eigenvalue weighted by atomic mass is 9.87. The Balaban J connectivity index is 2.73. The van der Waals surface area contributed by atoms with Crippen LogP contribution in [0.1, 0.15) is 31.9 Å². The molecular formula is C13H20BrN. The summed E-state index contributed by atoms with van der Waals surface area (Å²) in [5, 5.41) is 0. The molecule has 0 saturated heterocycles. The van der Waals surface area contributed by atoms with Gasteiger partial charge >= 0.3 is 0 Å². The van der Waals surface area contributed by atoms with Crippen LogP contribution in [0.4, 0.5) is 0 Å². The summed E-state index contributed by atoms with van der Waals surface area (Å²) < 4.78 is 0. The second kappa shape index (κ2) is 5.13. The molecule has 0 unspecified atom stereocenters. The molecule has 0 radical (unpaired) electrons. The quantitative estimate of drug-likeness (QED) is 0.597. The molecule has 1 aromatic carbocycles. The largest absolute Gasteiger partial charge is 0.292 e. The van der Waals surface area contributed by atoms with Crippen LogP contribution < -0.4 is 0 Å². The molecule has 0 bridgehead atoms. The number of hydrogen-bond acceptors (Lipinski definition) is 1. The minimum absolute atomic E-state index is 0.250. The number of nitrogens with zero attached hydrogens (tertiary/aromatic N) is 1. The maximum Gasteiger partial charge on any atom is 0.0542 e. The third kappa shape index (κ3) is 3.96. The molecule has 1 aromatic rings. The van der Waals surface area contributed by atoms with E-state index in [2.05, 4.69) is 72.9 Å².